The minimum absolute atomic E-state index is 0.134. The zero-order valence-electron chi connectivity index (χ0n) is 7.64. The lowest BCUT2D eigenvalue weighted by atomic mass is 9.87. The summed E-state index contributed by atoms with van der Waals surface area (Å²) < 4.78 is 5.62. The number of para-hydroxylation sites is 1. The van der Waals surface area contributed by atoms with E-state index in [9.17, 15) is 4.79 Å². The quantitative estimate of drug-likeness (QED) is 0.628. The number of hydrogen-bond donors (Lipinski definition) is 0. The van der Waals surface area contributed by atoms with Crippen molar-refractivity contribution >= 4 is 5.78 Å². The van der Waals surface area contributed by atoms with E-state index < -0.39 is 0 Å². The molecule has 70 valence electrons. The highest BCUT2D eigenvalue weighted by Crippen LogP contribution is 2.35. The van der Waals surface area contributed by atoms with Crippen molar-refractivity contribution in [3.8, 4) is 5.75 Å². The number of Topliss-reactive ketones (excluding diaryl/α,β-unsaturated/α-hetero) is 1. The molecule has 1 aliphatic carbocycles. The van der Waals surface area contributed by atoms with Crippen molar-refractivity contribution in [2.24, 2.45) is 5.92 Å². The Hall–Kier alpha value is -1.57. The molecule has 0 radical (unpaired) electrons. The largest absolute Gasteiger partial charge is 0.481 e. The van der Waals surface area contributed by atoms with Gasteiger partial charge in [-0.2, -0.15) is 0 Å². The molecule has 0 N–H and O–H groups in total. The van der Waals surface area contributed by atoms with E-state index in [1.165, 1.54) is 0 Å². The number of hydrogen-bond acceptors (Lipinski definition) is 2. The van der Waals surface area contributed by atoms with Gasteiger partial charge in [0.2, 0.25) is 5.78 Å². The normalized spacial score (nSPS) is 28.1. The standard InChI is InChI=1S/C12H10O2/c13-11-9-6-1-2-7-10(9)14-12(11)8-4-3-5-8/h1-4,6-8,12H,5H2. The maximum absolute atomic E-state index is 11.9. The number of ketones is 1. The molecule has 0 amide bonds. The fourth-order valence-corrected chi connectivity index (χ4v) is 1.92. The first-order valence-electron chi connectivity index (χ1n) is 4.83. The van der Waals surface area contributed by atoms with Gasteiger partial charge < -0.3 is 4.74 Å². The van der Waals surface area contributed by atoms with Crippen LogP contribution >= 0.6 is 0 Å². The van der Waals surface area contributed by atoms with Crippen LogP contribution in [0.4, 0.5) is 0 Å². The Kier molecular flexibility index (Phi) is 1.51. The Morgan fingerprint density at radius 1 is 1.29 bits per heavy atom. The fourth-order valence-electron chi connectivity index (χ4n) is 1.92. The molecule has 2 aliphatic rings. The smallest absolute Gasteiger partial charge is 0.207 e. The monoisotopic (exact) mass is 186 g/mol. The SMILES string of the molecule is O=C1c2ccccc2OC1C1C=CC1. The van der Waals surface area contributed by atoms with Crippen molar-refractivity contribution in [1.82, 2.24) is 0 Å². The van der Waals surface area contributed by atoms with E-state index in [0.717, 1.165) is 17.7 Å². The number of benzene rings is 1. The molecule has 2 heteroatoms. The summed E-state index contributed by atoms with van der Waals surface area (Å²) in [6.45, 7) is 0. The molecule has 0 saturated heterocycles. The Morgan fingerprint density at radius 3 is 2.71 bits per heavy atom. The third-order valence-electron chi connectivity index (χ3n) is 2.85. The Bertz CT molecular complexity index is 420. The first-order valence-corrected chi connectivity index (χ1v) is 4.83. The summed E-state index contributed by atoms with van der Waals surface area (Å²) in [6.07, 6.45) is 4.82. The molecule has 1 aliphatic heterocycles. The summed E-state index contributed by atoms with van der Waals surface area (Å²) in [5.74, 6) is 1.16. The van der Waals surface area contributed by atoms with E-state index in [2.05, 4.69) is 12.2 Å². The van der Waals surface area contributed by atoms with Gasteiger partial charge in [0.25, 0.3) is 0 Å². The summed E-state index contributed by atoms with van der Waals surface area (Å²) in [6, 6.07) is 7.46. The van der Waals surface area contributed by atoms with Crippen LogP contribution in [0.1, 0.15) is 16.8 Å². The van der Waals surface area contributed by atoms with Crippen LogP contribution in [-0.4, -0.2) is 11.9 Å². The molecule has 3 rings (SSSR count). The van der Waals surface area contributed by atoms with Crippen LogP contribution in [-0.2, 0) is 0 Å². The molecular weight excluding hydrogens is 176 g/mol. The van der Waals surface area contributed by atoms with Gasteiger partial charge in [0.15, 0.2) is 6.10 Å². The van der Waals surface area contributed by atoms with Gasteiger partial charge in [-0.25, -0.2) is 0 Å². The lowest BCUT2D eigenvalue weighted by molar-refractivity contribution is 0.0788. The van der Waals surface area contributed by atoms with E-state index in [0.29, 0.717) is 0 Å². The zero-order chi connectivity index (χ0) is 9.54. The highest BCUT2D eigenvalue weighted by atomic mass is 16.5. The number of allylic oxidation sites excluding steroid dienone is 1. The second kappa shape index (κ2) is 2.71. The van der Waals surface area contributed by atoms with Crippen molar-refractivity contribution < 1.29 is 9.53 Å². The van der Waals surface area contributed by atoms with Gasteiger partial charge in [-0.1, -0.05) is 24.3 Å². The third-order valence-corrected chi connectivity index (χ3v) is 2.85. The fraction of sp³-hybridized carbons (Fsp3) is 0.250. The number of carbonyl (C=O) groups excluding carboxylic acids is 1. The molecule has 0 spiro atoms. The maximum Gasteiger partial charge on any atom is 0.207 e. The molecule has 0 aromatic heterocycles. The van der Waals surface area contributed by atoms with E-state index in [4.69, 9.17) is 4.74 Å². The predicted molar refractivity (Wildman–Crippen MR) is 52.4 cm³/mol. The van der Waals surface area contributed by atoms with Crippen molar-refractivity contribution in [2.75, 3.05) is 0 Å². The first-order chi connectivity index (χ1) is 6.86. The average Bonchev–Trinajstić information content (AvgIpc) is 2.43. The lowest BCUT2D eigenvalue weighted by Gasteiger charge is -2.22. The van der Waals surface area contributed by atoms with Crippen LogP contribution in [0.5, 0.6) is 5.75 Å². The van der Waals surface area contributed by atoms with E-state index in [1.807, 2.05) is 24.3 Å². The predicted octanol–water partition coefficient (Wildman–Crippen LogP) is 2.21. The maximum atomic E-state index is 11.9. The number of fused-ring (bicyclic) bond motifs is 1. The van der Waals surface area contributed by atoms with Gasteiger partial charge in [-0.3, -0.25) is 4.79 Å². The van der Waals surface area contributed by atoms with Crippen molar-refractivity contribution in [2.45, 2.75) is 12.5 Å². The second-order valence-electron chi connectivity index (χ2n) is 3.73. The minimum atomic E-state index is -0.266. The van der Waals surface area contributed by atoms with E-state index in [1.54, 1.807) is 0 Å². The van der Waals surface area contributed by atoms with Crippen molar-refractivity contribution in [1.29, 1.82) is 0 Å². The molecule has 0 fully saturated rings. The molecule has 1 aromatic carbocycles. The Morgan fingerprint density at radius 2 is 2.07 bits per heavy atom. The zero-order valence-corrected chi connectivity index (χ0v) is 7.64. The van der Waals surface area contributed by atoms with Crippen LogP contribution in [0, 0.1) is 5.92 Å². The minimum Gasteiger partial charge on any atom is -0.481 e. The molecular formula is C12H10O2. The van der Waals surface area contributed by atoms with Gasteiger partial charge in [-0.05, 0) is 18.6 Å². The van der Waals surface area contributed by atoms with E-state index in [-0.39, 0.29) is 17.8 Å². The summed E-state index contributed by atoms with van der Waals surface area (Å²) >= 11 is 0. The van der Waals surface area contributed by atoms with Crippen LogP contribution in [0.2, 0.25) is 0 Å². The molecule has 2 nitrogen and oxygen atoms in total. The van der Waals surface area contributed by atoms with Gasteiger partial charge in [0.05, 0.1) is 5.56 Å². The molecule has 1 aromatic rings. The number of rotatable bonds is 1. The molecule has 14 heavy (non-hydrogen) atoms. The summed E-state index contributed by atoms with van der Waals surface area (Å²) in [5.41, 5.74) is 0.734. The number of ether oxygens (including phenoxy) is 1. The van der Waals surface area contributed by atoms with Gasteiger partial charge in [0, 0.05) is 5.92 Å². The van der Waals surface area contributed by atoms with Gasteiger partial charge in [-0.15, -0.1) is 0 Å². The van der Waals surface area contributed by atoms with Crippen LogP contribution in [0.25, 0.3) is 0 Å². The Labute approximate surface area is 82.2 Å². The highest BCUT2D eigenvalue weighted by molar-refractivity contribution is 6.04. The Balaban J connectivity index is 1.97. The third kappa shape index (κ3) is 0.939. The second-order valence-corrected chi connectivity index (χ2v) is 3.73. The van der Waals surface area contributed by atoms with Crippen LogP contribution < -0.4 is 4.74 Å². The van der Waals surface area contributed by atoms with Gasteiger partial charge >= 0.3 is 0 Å². The average molecular weight is 186 g/mol. The summed E-state index contributed by atoms with van der Waals surface area (Å²) in [5, 5.41) is 0. The molecule has 2 unspecified atom stereocenters. The summed E-state index contributed by atoms with van der Waals surface area (Å²) in [7, 11) is 0. The highest BCUT2D eigenvalue weighted by Gasteiger charge is 2.38. The van der Waals surface area contributed by atoms with Crippen LogP contribution in [0.15, 0.2) is 36.4 Å². The van der Waals surface area contributed by atoms with Crippen LogP contribution in [0.3, 0.4) is 0 Å². The molecule has 2 atom stereocenters. The topological polar surface area (TPSA) is 26.3 Å². The van der Waals surface area contributed by atoms with E-state index >= 15 is 0 Å². The summed E-state index contributed by atoms with van der Waals surface area (Å²) in [4.78, 5) is 11.9. The molecule has 0 saturated carbocycles. The lowest BCUT2D eigenvalue weighted by Crippen LogP contribution is -2.31. The van der Waals surface area contributed by atoms with Gasteiger partial charge in [0.1, 0.15) is 5.75 Å². The molecule has 0 bridgehead atoms. The first kappa shape index (κ1) is 7.80. The number of carbonyl (C=O) groups is 1. The molecule has 1 heterocycles. The van der Waals surface area contributed by atoms with Crippen molar-refractivity contribution in [3.05, 3.63) is 42.0 Å². The van der Waals surface area contributed by atoms with Crippen molar-refractivity contribution in [3.63, 3.8) is 0 Å².